The molecule has 7 heteroatoms. The van der Waals surface area contributed by atoms with E-state index in [1.807, 2.05) is 24.4 Å². The summed E-state index contributed by atoms with van der Waals surface area (Å²) in [6, 6.07) is 11.6. The summed E-state index contributed by atoms with van der Waals surface area (Å²) >= 11 is 0. The van der Waals surface area contributed by atoms with E-state index in [-0.39, 0.29) is 11.8 Å². The second-order valence-corrected chi connectivity index (χ2v) is 7.01. The molecule has 0 aliphatic carbocycles. The smallest absolute Gasteiger partial charge is 0.289 e. The number of fused-ring (bicyclic) bond motifs is 1. The third-order valence-corrected chi connectivity index (χ3v) is 5.15. The van der Waals surface area contributed by atoms with Crippen LogP contribution in [0.5, 0.6) is 0 Å². The highest BCUT2D eigenvalue weighted by molar-refractivity contribution is 5.91. The van der Waals surface area contributed by atoms with Gasteiger partial charge in [0.05, 0.1) is 12.8 Å². The Hall–Kier alpha value is -3.06. The highest BCUT2D eigenvalue weighted by Crippen LogP contribution is 2.17. The molecular formula is C21H24N4O3. The third kappa shape index (κ3) is 4.09. The molecule has 0 unspecified atom stereocenters. The number of carbonyl (C=O) groups excluding carboxylic acids is 2. The fourth-order valence-corrected chi connectivity index (χ4v) is 3.60. The topological polar surface area (TPSA) is 81.6 Å². The molecule has 1 aliphatic heterocycles. The van der Waals surface area contributed by atoms with Crippen molar-refractivity contribution < 1.29 is 14.0 Å². The molecule has 1 fully saturated rings. The van der Waals surface area contributed by atoms with Crippen LogP contribution in [0.2, 0.25) is 0 Å². The number of carbonyl (C=O) groups is 2. The number of benzene rings is 1. The zero-order valence-electron chi connectivity index (χ0n) is 15.7. The number of H-pyrrole nitrogens is 1. The average molecular weight is 380 g/mol. The molecule has 0 spiro atoms. The van der Waals surface area contributed by atoms with Crippen molar-refractivity contribution in [2.24, 2.45) is 0 Å². The molecule has 0 atom stereocenters. The Bertz CT molecular complexity index is 940. The average Bonchev–Trinajstić information content (AvgIpc) is 3.39. The fraction of sp³-hybridized carbons (Fsp3) is 0.333. The monoisotopic (exact) mass is 380 g/mol. The summed E-state index contributed by atoms with van der Waals surface area (Å²) in [5.74, 6) is 0.293. The number of amides is 2. The molecule has 1 saturated heterocycles. The van der Waals surface area contributed by atoms with Gasteiger partial charge in [-0.1, -0.05) is 18.2 Å². The van der Waals surface area contributed by atoms with E-state index in [0.29, 0.717) is 45.0 Å². The zero-order valence-corrected chi connectivity index (χ0v) is 15.7. The molecule has 1 aromatic carbocycles. The summed E-state index contributed by atoms with van der Waals surface area (Å²) in [6.45, 7) is 3.53. The summed E-state index contributed by atoms with van der Waals surface area (Å²) in [5, 5.41) is 4.20. The van der Waals surface area contributed by atoms with E-state index in [1.165, 1.54) is 17.2 Å². The molecule has 0 saturated carbocycles. The number of nitrogens with one attached hydrogen (secondary N) is 2. The van der Waals surface area contributed by atoms with Gasteiger partial charge in [0.1, 0.15) is 0 Å². The predicted molar refractivity (Wildman–Crippen MR) is 106 cm³/mol. The van der Waals surface area contributed by atoms with Gasteiger partial charge >= 0.3 is 0 Å². The largest absolute Gasteiger partial charge is 0.459 e. The van der Waals surface area contributed by atoms with Crippen molar-refractivity contribution in [1.29, 1.82) is 0 Å². The lowest BCUT2D eigenvalue weighted by atomic mass is 10.1. The van der Waals surface area contributed by atoms with Crippen LogP contribution in [-0.4, -0.2) is 65.9 Å². The molecule has 7 nitrogen and oxygen atoms in total. The van der Waals surface area contributed by atoms with Gasteiger partial charge in [-0.2, -0.15) is 0 Å². The van der Waals surface area contributed by atoms with E-state index in [1.54, 1.807) is 17.0 Å². The third-order valence-electron chi connectivity index (χ3n) is 5.15. The van der Waals surface area contributed by atoms with Gasteiger partial charge in [0.2, 0.25) is 5.91 Å². The minimum atomic E-state index is -0.0900. The van der Waals surface area contributed by atoms with E-state index in [4.69, 9.17) is 4.42 Å². The molecule has 0 bridgehead atoms. The Morgan fingerprint density at radius 3 is 2.68 bits per heavy atom. The number of piperazine rings is 1. The van der Waals surface area contributed by atoms with Crippen molar-refractivity contribution in [3.05, 3.63) is 60.2 Å². The first-order valence-corrected chi connectivity index (χ1v) is 9.57. The number of nitrogens with zero attached hydrogens (tertiary/aromatic N) is 2. The van der Waals surface area contributed by atoms with Crippen LogP contribution in [0.4, 0.5) is 0 Å². The molecule has 4 rings (SSSR count). The number of hydrogen-bond acceptors (Lipinski definition) is 4. The van der Waals surface area contributed by atoms with E-state index >= 15 is 0 Å². The second-order valence-electron chi connectivity index (χ2n) is 7.01. The lowest BCUT2D eigenvalue weighted by Gasteiger charge is -2.33. The predicted octanol–water partition coefficient (Wildman–Crippen LogP) is 1.88. The molecule has 2 amide bonds. The summed E-state index contributed by atoms with van der Waals surface area (Å²) in [6.07, 6.45) is 4.30. The highest BCUT2D eigenvalue weighted by atomic mass is 16.3. The Balaban J connectivity index is 1.19. The van der Waals surface area contributed by atoms with Gasteiger partial charge < -0.3 is 19.6 Å². The van der Waals surface area contributed by atoms with Crippen molar-refractivity contribution in [3.8, 4) is 0 Å². The number of aromatic amines is 1. The maximum absolute atomic E-state index is 12.3. The Morgan fingerprint density at radius 1 is 1.07 bits per heavy atom. The van der Waals surface area contributed by atoms with E-state index in [0.717, 1.165) is 11.9 Å². The Labute approximate surface area is 163 Å². The van der Waals surface area contributed by atoms with Gasteiger partial charge in [0.25, 0.3) is 5.91 Å². The van der Waals surface area contributed by atoms with Gasteiger partial charge in [-0.15, -0.1) is 0 Å². The number of para-hydroxylation sites is 1. The van der Waals surface area contributed by atoms with Gasteiger partial charge in [-0.05, 0) is 30.2 Å². The number of aromatic nitrogens is 1. The fourth-order valence-electron chi connectivity index (χ4n) is 3.60. The summed E-state index contributed by atoms with van der Waals surface area (Å²) in [5.41, 5.74) is 2.33. The molecule has 3 aromatic rings. The first-order valence-electron chi connectivity index (χ1n) is 9.57. The highest BCUT2D eigenvalue weighted by Gasteiger charge is 2.24. The second kappa shape index (κ2) is 8.31. The summed E-state index contributed by atoms with van der Waals surface area (Å²) in [4.78, 5) is 31.6. The SMILES string of the molecule is O=C(CN1CCN(C(=O)c2ccco2)CC1)NCCc1c[nH]c2ccccc12. The van der Waals surface area contributed by atoms with Crippen LogP contribution >= 0.6 is 0 Å². The zero-order chi connectivity index (χ0) is 19.3. The number of hydrogen-bond donors (Lipinski definition) is 2. The maximum Gasteiger partial charge on any atom is 0.289 e. The van der Waals surface area contributed by atoms with Gasteiger partial charge in [-0.3, -0.25) is 14.5 Å². The van der Waals surface area contributed by atoms with Crippen LogP contribution < -0.4 is 5.32 Å². The number of rotatable bonds is 6. The van der Waals surface area contributed by atoms with Gasteiger partial charge in [0.15, 0.2) is 5.76 Å². The van der Waals surface area contributed by atoms with Gasteiger partial charge in [-0.25, -0.2) is 0 Å². The first kappa shape index (κ1) is 18.3. The molecule has 28 heavy (non-hydrogen) atoms. The molecule has 2 aromatic heterocycles. The van der Waals surface area contributed by atoms with Crippen molar-refractivity contribution in [2.45, 2.75) is 6.42 Å². The molecule has 3 heterocycles. The van der Waals surface area contributed by atoms with Crippen LogP contribution in [0, 0.1) is 0 Å². The van der Waals surface area contributed by atoms with E-state index < -0.39 is 0 Å². The Morgan fingerprint density at radius 2 is 1.89 bits per heavy atom. The molecule has 0 radical (unpaired) electrons. The van der Waals surface area contributed by atoms with Crippen LogP contribution in [0.15, 0.2) is 53.3 Å². The quantitative estimate of drug-likeness (QED) is 0.684. The minimum absolute atomic E-state index is 0.0191. The minimum Gasteiger partial charge on any atom is -0.459 e. The van der Waals surface area contributed by atoms with E-state index in [2.05, 4.69) is 21.3 Å². The van der Waals surface area contributed by atoms with Crippen molar-refractivity contribution in [1.82, 2.24) is 20.1 Å². The normalized spacial score (nSPS) is 15.1. The van der Waals surface area contributed by atoms with Crippen LogP contribution in [0.25, 0.3) is 10.9 Å². The van der Waals surface area contributed by atoms with E-state index in [9.17, 15) is 9.59 Å². The number of furan rings is 1. The van der Waals surface area contributed by atoms with Crippen LogP contribution in [-0.2, 0) is 11.2 Å². The van der Waals surface area contributed by atoms with Crippen LogP contribution in [0.1, 0.15) is 16.1 Å². The first-order chi connectivity index (χ1) is 13.7. The summed E-state index contributed by atoms with van der Waals surface area (Å²) in [7, 11) is 0. The lowest BCUT2D eigenvalue weighted by molar-refractivity contribution is -0.122. The molecule has 146 valence electrons. The van der Waals surface area contributed by atoms with Crippen molar-refractivity contribution in [3.63, 3.8) is 0 Å². The van der Waals surface area contributed by atoms with Gasteiger partial charge in [0, 0.05) is 49.8 Å². The Kier molecular flexibility index (Phi) is 5.43. The summed E-state index contributed by atoms with van der Waals surface area (Å²) < 4.78 is 5.17. The standard InChI is InChI=1S/C21H24N4O3/c26-20(22-8-7-16-14-23-18-5-2-1-4-17(16)18)15-24-9-11-25(12-10-24)21(27)19-6-3-13-28-19/h1-6,13-14,23H,7-12,15H2,(H,22,26). The van der Waals surface area contributed by atoms with Crippen LogP contribution in [0.3, 0.4) is 0 Å². The van der Waals surface area contributed by atoms with Crippen molar-refractivity contribution in [2.75, 3.05) is 39.3 Å². The molecule has 2 N–H and O–H groups in total. The van der Waals surface area contributed by atoms with Crippen molar-refractivity contribution >= 4 is 22.7 Å². The maximum atomic E-state index is 12.3. The molecular weight excluding hydrogens is 356 g/mol. The molecule has 1 aliphatic rings. The lowest BCUT2D eigenvalue weighted by Crippen LogP contribution is -2.51.